The first-order valence-electron chi connectivity index (χ1n) is 9.31. The van der Waals surface area contributed by atoms with Gasteiger partial charge in [-0.25, -0.2) is 9.37 Å². The van der Waals surface area contributed by atoms with Crippen LogP contribution in [0.5, 0.6) is 0 Å². The number of benzene rings is 1. The Balaban J connectivity index is 2.00. The van der Waals surface area contributed by atoms with Crippen LogP contribution in [0.3, 0.4) is 0 Å². The fraction of sp³-hybridized carbons (Fsp3) is 0.476. The number of rotatable bonds is 7. The van der Waals surface area contributed by atoms with E-state index in [0.29, 0.717) is 41.4 Å². The number of aryl methyl sites for hydroxylation is 1. The Morgan fingerprint density at radius 1 is 1.25 bits per heavy atom. The van der Waals surface area contributed by atoms with Gasteiger partial charge in [0, 0.05) is 42.4 Å². The Labute approximate surface area is 169 Å². The van der Waals surface area contributed by atoms with E-state index in [4.69, 9.17) is 0 Å². The molecule has 28 heavy (non-hydrogen) atoms. The number of carbonyl (C=O) groups excluding carboxylic acids is 1. The minimum Gasteiger partial charge on any atom is -0.352 e. The lowest BCUT2D eigenvalue weighted by molar-refractivity contribution is -0.122. The van der Waals surface area contributed by atoms with E-state index in [2.05, 4.69) is 10.3 Å². The van der Waals surface area contributed by atoms with Crippen LogP contribution >= 0.6 is 11.8 Å². The van der Waals surface area contributed by atoms with Crippen LogP contribution in [-0.2, 0) is 18.3 Å². The smallest absolute Gasteiger partial charge is 0.257 e. The highest BCUT2D eigenvalue weighted by Gasteiger charge is 2.15. The summed E-state index contributed by atoms with van der Waals surface area (Å²) in [4.78, 5) is 29.2. The fourth-order valence-corrected chi connectivity index (χ4v) is 3.70. The maximum Gasteiger partial charge on any atom is 0.257 e. The van der Waals surface area contributed by atoms with Crippen molar-refractivity contribution in [2.75, 3.05) is 5.75 Å². The summed E-state index contributed by atoms with van der Waals surface area (Å²) in [6.07, 6.45) is 1.57. The van der Waals surface area contributed by atoms with Gasteiger partial charge in [-0.1, -0.05) is 23.9 Å². The maximum atomic E-state index is 13.1. The van der Waals surface area contributed by atoms with E-state index >= 15 is 0 Å². The summed E-state index contributed by atoms with van der Waals surface area (Å²) in [5, 5.41) is 3.58. The number of nitrogens with one attached hydrogen (secondary N) is 1. The van der Waals surface area contributed by atoms with Crippen LogP contribution in [0, 0.1) is 12.7 Å². The second kappa shape index (κ2) is 9.37. The van der Waals surface area contributed by atoms with Gasteiger partial charge in [0.25, 0.3) is 5.56 Å². The molecule has 0 radical (unpaired) electrons. The van der Waals surface area contributed by atoms with Crippen LogP contribution < -0.4 is 10.9 Å². The number of hydrogen-bond acceptors (Lipinski definition) is 4. The standard InChI is InChI=1S/C21H28FN3O2S/c1-14-17(13-15-8-10-16(22)11-9-15)19(27)25(5)20(23-14)28-12-6-7-18(26)24-21(2,3)4/h8-11H,6-7,12-13H2,1-5H3,(H,24,26). The van der Waals surface area contributed by atoms with E-state index < -0.39 is 0 Å². The minimum atomic E-state index is -0.297. The second-order valence-corrected chi connectivity index (χ2v) is 8.94. The molecule has 0 aliphatic rings. The van der Waals surface area contributed by atoms with E-state index in [1.807, 2.05) is 27.7 Å². The number of thioether (sulfide) groups is 1. The average Bonchev–Trinajstić information content (AvgIpc) is 2.59. The lowest BCUT2D eigenvalue weighted by Gasteiger charge is -2.20. The van der Waals surface area contributed by atoms with Crippen molar-refractivity contribution < 1.29 is 9.18 Å². The van der Waals surface area contributed by atoms with Gasteiger partial charge in [-0.05, 0) is 51.8 Å². The highest BCUT2D eigenvalue weighted by atomic mass is 32.2. The topological polar surface area (TPSA) is 64.0 Å². The summed E-state index contributed by atoms with van der Waals surface area (Å²) in [6.45, 7) is 7.68. The molecule has 1 aromatic carbocycles. The van der Waals surface area contributed by atoms with Crippen molar-refractivity contribution in [1.82, 2.24) is 14.9 Å². The van der Waals surface area contributed by atoms with Gasteiger partial charge in [-0.15, -0.1) is 0 Å². The molecule has 5 nitrogen and oxygen atoms in total. The van der Waals surface area contributed by atoms with Crippen molar-refractivity contribution in [2.45, 2.75) is 57.7 Å². The van der Waals surface area contributed by atoms with E-state index in [1.165, 1.54) is 23.9 Å². The van der Waals surface area contributed by atoms with Crippen LogP contribution in [0.25, 0.3) is 0 Å². The summed E-state index contributed by atoms with van der Waals surface area (Å²) in [6, 6.07) is 6.14. The molecule has 1 heterocycles. The molecule has 0 saturated heterocycles. The maximum absolute atomic E-state index is 13.1. The Kier molecular flexibility index (Phi) is 7.41. The van der Waals surface area contributed by atoms with Crippen LogP contribution in [0.15, 0.2) is 34.2 Å². The Morgan fingerprint density at radius 3 is 2.50 bits per heavy atom. The van der Waals surface area contributed by atoms with Crippen molar-refractivity contribution in [3.63, 3.8) is 0 Å². The van der Waals surface area contributed by atoms with Gasteiger partial charge < -0.3 is 5.32 Å². The molecule has 0 unspecified atom stereocenters. The Morgan fingerprint density at radius 2 is 1.89 bits per heavy atom. The number of aromatic nitrogens is 2. The van der Waals surface area contributed by atoms with Crippen molar-refractivity contribution in [3.05, 3.63) is 57.3 Å². The zero-order chi connectivity index (χ0) is 20.9. The summed E-state index contributed by atoms with van der Waals surface area (Å²) in [5.41, 5.74) is 1.84. The molecule has 0 aliphatic heterocycles. The fourth-order valence-electron chi connectivity index (χ4n) is 2.75. The normalized spacial score (nSPS) is 11.5. The average molecular weight is 406 g/mol. The summed E-state index contributed by atoms with van der Waals surface area (Å²) >= 11 is 1.47. The number of carbonyl (C=O) groups is 1. The van der Waals surface area contributed by atoms with Crippen molar-refractivity contribution in [2.24, 2.45) is 7.05 Å². The molecule has 0 saturated carbocycles. The molecule has 0 spiro atoms. The molecule has 7 heteroatoms. The van der Waals surface area contributed by atoms with E-state index in [0.717, 1.165) is 5.56 Å². The third-order valence-corrected chi connectivity index (χ3v) is 5.25. The molecule has 1 N–H and O–H groups in total. The van der Waals surface area contributed by atoms with E-state index in [9.17, 15) is 14.0 Å². The van der Waals surface area contributed by atoms with Gasteiger partial charge in [0.05, 0.1) is 0 Å². The van der Waals surface area contributed by atoms with Crippen LogP contribution in [0.2, 0.25) is 0 Å². The van der Waals surface area contributed by atoms with Crippen molar-refractivity contribution in [3.8, 4) is 0 Å². The number of nitrogens with zero attached hydrogens (tertiary/aromatic N) is 2. The third-order valence-electron chi connectivity index (χ3n) is 4.14. The predicted molar refractivity (Wildman–Crippen MR) is 111 cm³/mol. The van der Waals surface area contributed by atoms with E-state index in [1.54, 1.807) is 23.7 Å². The number of amides is 1. The van der Waals surface area contributed by atoms with Crippen LogP contribution in [0.1, 0.15) is 50.4 Å². The molecule has 0 fully saturated rings. The molecule has 1 amide bonds. The number of hydrogen-bond donors (Lipinski definition) is 1. The Bertz CT molecular complexity index is 886. The quantitative estimate of drug-likeness (QED) is 0.434. The first-order chi connectivity index (χ1) is 13.1. The molecule has 0 atom stereocenters. The van der Waals surface area contributed by atoms with Crippen LogP contribution in [0.4, 0.5) is 4.39 Å². The van der Waals surface area contributed by atoms with Crippen molar-refractivity contribution >= 4 is 17.7 Å². The van der Waals surface area contributed by atoms with Gasteiger partial charge in [0.15, 0.2) is 5.16 Å². The van der Waals surface area contributed by atoms with Gasteiger partial charge in [-0.2, -0.15) is 0 Å². The van der Waals surface area contributed by atoms with Crippen molar-refractivity contribution in [1.29, 1.82) is 0 Å². The zero-order valence-corrected chi connectivity index (χ0v) is 18.0. The van der Waals surface area contributed by atoms with Crippen LogP contribution in [-0.4, -0.2) is 26.8 Å². The van der Waals surface area contributed by atoms with E-state index in [-0.39, 0.29) is 22.8 Å². The first kappa shape index (κ1) is 22.1. The highest BCUT2D eigenvalue weighted by Crippen LogP contribution is 2.18. The first-order valence-corrected chi connectivity index (χ1v) is 10.3. The predicted octanol–water partition coefficient (Wildman–Crippen LogP) is 3.61. The largest absolute Gasteiger partial charge is 0.352 e. The highest BCUT2D eigenvalue weighted by molar-refractivity contribution is 7.99. The molecule has 0 bridgehead atoms. The monoisotopic (exact) mass is 405 g/mol. The molecule has 2 rings (SSSR count). The summed E-state index contributed by atoms with van der Waals surface area (Å²) < 4.78 is 14.6. The summed E-state index contributed by atoms with van der Waals surface area (Å²) in [7, 11) is 1.71. The lowest BCUT2D eigenvalue weighted by atomic mass is 10.1. The molecule has 0 aliphatic carbocycles. The summed E-state index contributed by atoms with van der Waals surface area (Å²) in [5.74, 6) is 0.435. The minimum absolute atomic E-state index is 0.0285. The molecular weight excluding hydrogens is 377 g/mol. The zero-order valence-electron chi connectivity index (χ0n) is 17.1. The van der Waals surface area contributed by atoms with Gasteiger partial charge in [0.1, 0.15) is 5.82 Å². The van der Waals surface area contributed by atoms with Gasteiger partial charge >= 0.3 is 0 Å². The lowest BCUT2D eigenvalue weighted by Crippen LogP contribution is -2.40. The molecule has 152 valence electrons. The second-order valence-electron chi connectivity index (χ2n) is 7.88. The third kappa shape index (κ3) is 6.48. The molecule has 2 aromatic rings. The Hall–Kier alpha value is -2.15. The SMILES string of the molecule is Cc1nc(SCCCC(=O)NC(C)(C)C)n(C)c(=O)c1Cc1ccc(F)cc1. The molecular formula is C21H28FN3O2S. The van der Waals surface area contributed by atoms with Gasteiger partial charge in [-0.3, -0.25) is 14.2 Å². The van der Waals surface area contributed by atoms with Gasteiger partial charge in [0.2, 0.25) is 5.91 Å². The number of halogens is 1. The molecule has 1 aromatic heterocycles.